The first-order valence-electron chi connectivity index (χ1n) is 11.1. The summed E-state index contributed by atoms with van der Waals surface area (Å²) in [5.41, 5.74) is 5.06. The van der Waals surface area contributed by atoms with Crippen molar-refractivity contribution in [2.24, 2.45) is 0 Å². The van der Waals surface area contributed by atoms with E-state index in [1.165, 1.54) is 5.56 Å². The highest BCUT2D eigenvalue weighted by molar-refractivity contribution is 6.00. The molecule has 0 radical (unpaired) electrons. The molecule has 1 N–H and O–H groups in total. The van der Waals surface area contributed by atoms with Gasteiger partial charge >= 0.3 is 0 Å². The first kappa shape index (κ1) is 21.8. The lowest BCUT2D eigenvalue weighted by Gasteiger charge is -2.17. The highest BCUT2D eigenvalue weighted by Gasteiger charge is 2.23. The first-order chi connectivity index (χ1) is 15.3. The van der Waals surface area contributed by atoms with Crippen molar-refractivity contribution in [3.05, 3.63) is 89.7 Å². The van der Waals surface area contributed by atoms with Gasteiger partial charge in [-0.25, -0.2) is 9.50 Å². The molecule has 0 aliphatic heterocycles. The number of hydrogen-bond donors (Lipinski definition) is 1. The average Bonchev–Trinajstić information content (AvgIpc) is 3.23. The van der Waals surface area contributed by atoms with E-state index in [9.17, 15) is 4.79 Å². The van der Waals surface area contributed by atoms with Crippen LogP contribution in [0.3, 0.4) is 0 Å². The van der Waals surface area contributed by atoms with Crippen LogP contribution in [0, 0.1) is 0 Å². The number of rotatable bonds is 6. The molecule has 0 saturated heterocycles. The Labute approximate surface area is 189 Å². The van der Waals surface area contributed by atoms with Gasteiger partial charge in [-0.2, -0.15) is 5.10 Å². The lowest BCUT2D eigenvalue weighted by Crippen LogP contribution is -2.33. The van der Waals surface area contributed by atoms with E-state index >= 15 is 0 Å². The Kier molecular flexibility index (Phi) is 6.08. The molecular formula is C27H30N4O. The third kappa shape index (κ3) is 4.72. The van der Waals surface area contributed by atoms with Crippen LogP contribution in [0.2, 0.25) is 0 Å². The summed E-state index contributed by atoms with van der Waals surface area (Å²) in [6.07, 6.45) is 3.45. The monoisotopic (exact) mass is 426 g/mol. The Morgan fingerprint density at radius 2 is 1.69 bits per heavy atom. The van der Waals surface area contributed by atoms with Gasteiger partial charge in [0, 0.05) is 29.3 Å². The smallest absolute Gasteiger partial charge is 0.255 e. The van der Waals surface area contributed by atoms with E-state index < -0.39 is 0 Å². The third-order valence-corrected chi connectivity index (χ3v) is 5.63. The van der Waals surface area contributed by atoms with Crippen LogP contribution in [0.5, 0.6) is 0 Å². The average molecular weight is 427 g/mol. The number of carbonyl (C=O) groups is 1. The molecule has 4 rings (SSSR count). The Morgan fingerprint density at radius 1 is 1.03 bits per heavy atom. The van der Waals surface area contributed by atoms with Gasteiger partial charge in [-0.05, 0) is 25.3 Å². The summed E-state index contributed by atoms with van der Waals surface area (Å²) in [5.74, 6) is -0.133. The number of carbonyl (C=O) groups excluding carboxylic acids is 1. The number of aryl methyl sites for hydroxylation is 1. The Morgan fingerprint density at radius 3 is 2.34 bits per heavy atom. The summed E-state index contributed by atoms with van der Waals surface area (Å²) in [4.78, 5) is 17.9. The number of nitrogens with zero attached hydrogens (tertiary/aromatic N) is 3. The molecule has 4 aromatic rings. The van der Waals surface area contributed by atoms with Gasteiger partial charge < -0.3 is 5.32 Å². The molecule has 164 valence electrons. The number of fused-ring (bicyclic) bond motifs is 1. The van der Waals surface area contributed by atoms with E-state index in [4.69, 9.17) is 5.10 Å². The SMILES string of the molecule is C[C@@H](CCc1ccccc1)NC(=O)c1cnc2cc(C(C)(C)C)nn2c1-c1ccccc1. The number of benzene rings is 2. The topological polar surface area (TPSA) is 59.3 Å². The molecule has 0 aliphatic carbocycles. The normalized spacial score (nSPS) is 12.6. The van der Waals surface area contributed by atoms with Crippen LogP contribution in [-0.2, 0) is 11.8 Å². The lowest BCUT2D eigenvalue weighted by atomic mass is 9.93. The second kappa shape index (κ2) is 8.95. The summed E-state index contributed by atoms with van der Waals surface area (Å²) in [5, 5.41) is 7.99. The van der Waals surface area contributed by atoms with Crippen molar-refractivity contribution in [3.63, 3.8) is 0 Å². The minimum atomic E-state index is -0.133. The van der Waals surface area contributed by atoms with E-state index in [0.29, 0.717) is 5.56 Å². The van der Waals surface area contributed by atoms with Crippen molar-refractivity contribution >= 4 is 11.6 Å². The molecule has 5 nitrogen and oxygen atoms in total. The number of aromatic nitrogens is 3. The fourth-order valence-corrected chi connectivity index (χ4v) is 3.74. The van der Waals surface area contributed by atoms with Gasteiger partial charge in [0.25, 0.3) is 5.91 Å². The predicted molar refractivity (Wildman–Crippen MR) is 129 cm³/mol. The Bertz CT molecular complexity index is 1210. The van der Waals surface area contributed by atoms with Crippen LogP contribution in [-0.4, -0.2) is 26.5 Å². The van der Waals surface area contributed by atoms with Crippen LogP contribution in [0.25, 0.3) is 16.9 Å². The van der Waals surface area contributed by atoms with Gasteiger partial charge in [-0.15, -0.1) is 0 Å². The molecule has 2 heterocycles. The van der Waals surface area contributed by atoms with E-state index in [2.05, 4.69) is 43.2 Å². The molecular weight excluding hydrogens is 396 g/mol. The molecule has 1 amide bonds. The second-order valence-corrected chi connectivity index (χ2v) is 9.33. The third-order valence-electron chi connectivity index (χ3n) is 5.63. The molecule has 2 aromatic heterocycles. The summed E-state index contributed by atoms with van der Waals surface area (Å²) < 4.78 is 1.81. The second-order valence-electron chi connectivity index (χ2n) is 9.33. The predicted octanol–water partition coefficient (Wildman–Crippen LogP) is 5.44. The van der Waals surface area contributed by atoms with E-state index in [0.717, 1.165) is 35.4 Å². The van der Waals surface area contributed by atoms with Crippen molar-refractivity contribution < 1.29 is 4.79 Å². The maximum absolute atomic E-state index is 13.3. The molecule has 0 bridgehead atoms. The lowest BCUT2D eigenvalue weighted by molar-refractivity contribution is 0.0938. The zero-order chi connectivity index (χ0) is 22.7. The number of nitrogens with one attached hydrogen (secondary N) is 1. The summed E-state index contributed by atoms with van der Waals surface area (Å²) in [6, 6.07) is 22.3. The maximum Gasteiger partial charge on any atom is 0.255 e. The molecule has 0 saturated carbocycles. The van der Waals surface area contributed by atoms with Crippen LogP contribution >= 0.6 is 0 Å². The number of hydrogen-bond acceptors (Lipinski definition) is 3. The fourth-order valence-electron chi connectivity index (χ4n) is 3.74. The summed E-state index contributed by atoms with van der Waals surface area (Å²) in [7, 11) is 0. The van der Waals surface area contributed by atoms with Crippen LogP contribution in [0.4, 0.5) is 0 Å². The standard InChI is InChI=1S/C27H30N4O/c1-19(15-16-20-11-7-5-8-12-20)29-26(32)22-18-28-24-17-23(27(2,3)4)30-31(24)25(22)21-13-9-6-10-14-21/h5-14,17-19H,15-16H2,1-4H3,(H,29,32)/t19-/m0/s1. The summed E-state index contributed by atoms with van der Waals surface area (Å²) >= 11 is 0. The molecule has 0 aliphatic rings. The largest absolute Gasteiger partial charge is 0.349 e. The molecule has 2 aromatic carbocycles. The van der Waals surface area contributed by atoms with Gasteiger partial charge in [0.05, 0.1) is 17.0 Å². The molecule has 0 fully saturated rings. The van der Waals surface area contributed by atoms with Crippen molar-refractivity contribution in [1.82, 2.24) is 19.9 Å². The van der Waals surface area contributed by atoms with Gasteiger partial charge in [0.2, 0.25) is 0 Å². The Balaban J connectivity index is 1.66. The minimum Gasteiger partial charge on any atom is -0.349 e. The highest BCUT2D eigenvalue weighted by Crippen LogP contribution is 2.28. The van der Waals surface area contributed by atoms with Crippen molar-refractivity contribution in [2.75, 3.05) is 0 Å². The molecule has 32 heavy (non-hydrogen) atoms. The zero-order valence-corrected chi connectivity index (χ0v) is 19.2. The van der Waals surface area contributed by atoms with Gasteiger partial charge in [0.15, 0.2) is 5.65 Å². The summed E-state index contributed by atoms with van der Waals surface area (Å²) in [6.45, 7) is 8.41. The highest BCUT2D eigenvalue weighted by atomic mass is 16.1. The van der Waals surface area contributed by atoms with E-state index in [1.54, 1.807) is 10.7 Å². The molecule has 5 heteroatoms. The van der Waals surface area contributed by atoms with Crippen LogP contribution in [0.1, 0.15) is 55.7 Å². The van der Waals surface area contributed by atoms with Crippen LogP contribution in [0.15, 0.2) is 72.9 Å². The van der Waals surface area contributed by atoms with Crippen molar-refractivity contribution in [3.8, 4) is 11.3 Å². The van der Waals surface area contributed by atoms with Gasteiger partial charge in [-0.1, -0.05) is 81.4 Å². The van der Waals surface area contributed by atoms with E-state index in [1.807, 2.05) is 61.5 Å². The minimum absolute atomic E-state index is 0.0322. The maximum atomic E-state index is 13.3. The quantitative estimate of drug-likeness (QED) is 0.446. The molecule has 0 spiro atoms. The molecule has 1 atom stereocenters. The van der Waals surface area contributed by atoms with Crippen LogP contribution < -0.4 is 5.32 Å². The van der Waals surface area contributed by atoms with Crippen molar-refractivity contribution in [2.45, 2.75) is 52.0 Å². The van der Waals surface area contributed by atoms with Crippen molar-refractivity contribution in [1.29, 1.82) is 0 Å². The van der Waals surface area contributed by atoms with Gasteiger partial charge in [-0.3, -0.25) is 4.79 Å². The van der Waals surface area contributed by atoms with E-state index in [-0.39, 0.29) is 17.4 Å². The Hall–Kier alpha value is -3.47. The fraction of sp³-hybridized carbons (Fsp3) is 0.296. The number of amides is 1. The zero-order valence-electron chi connectivity index (χ0n) is 19.2. The van der Waals surface area contributed by atoms with Gasteiger partial charge in [0.1, 0.15) is 0 Å². The first-order valence-corrected chi connectivity index (χ1v) is 11.1. The molecule has 0 unspecified atom stereocenters.